The number of carbonyl (C=O) groups excluding carboxylic acids is 2. The van der Waals surface area contributed by atoms with Crippen molar-refractivity contribution >= 4 is 23.4 Å². The lowest BCUT2D eigenvalue weighted by atomic mass is 9.86. The van der Waals surface area contributed by atoms with E-state index >= 15 is 0 Å². The van der Waals surface area contributed by atoms with Gasteiger partial charge in [0.25, 0.3) is 0 Å². The highest BCUT2D eigenvalue weighted by atomic mass is 35.5. The highest BCUT2D eigenvalue weighted by molar-refractivity contribution is 6.27. The van der Waals surface area contributed by atoms with Crippen molar-refractivity contribution in [1.82, 2.24) is 10.2 Å². The zero-order valence-electron chi connectivity index (χ0n) is 15.5. The Kier molecular flexibility index (Phi) is 6.58. The maximum absolute atomic E-state index is 13.3. The number of hydrogen-bond donors (Lipinski definition) is 1. The van der Waals surface area contributed by atoms with Gasteiger partial charge in [0.15, 0.2) is 0 Å². The van der Waals surface area contributed by atoms with Crippen molar-refractivity contribution in [3.05, 3.63) is 35.4 Å². The van der Waals surface area contributed by atoms with Crippen molar-refractivity contribution in [2.75, 3.05) is 19.0 Å². The van der Waals surface area contributed by atoms with Crippen LogP contribution in [0.5, 0.6) is 0 Å². The Labute approximate surface area is 161 Å². The van der Waals surface area contributed by atoms with Crippen LogP contribution in [-0.4, -0.2) is 41.7 Å². The number of hydrogen-bond acceptors (Lipinski definition) is 2. The second-order valence-corrected chi connectivity index (χ2v) is 7.99. The van der Waals surface area contributed by atoms with Gasteiger partial charge in [-0.3, -0.25) is 9.59 Å². The van der Waals surface area contributed by atoms with E-state index in [0.29, 0.717) is 18.4 Å². The van der Waals surface area contributed by atoms with Crippen molar-refractivity contribution in [3.63, 3.8) is 0 Å². The van der Waals surface area contributed by atoms with Gasteiger partial charge in [-0.25, -0.2) is 0 Å². The van der Waals surface area contributed by atoms with E-state index in [1.165, 1.54) is 17.5 Å². The predicted molar refractivity (Wildman–Crippen MR) is 104 cm³/mol. The first kappa shape index (κ1) is 19.2. The summed E-state index contributed by atoms with van der Waals surface area (Å²) in [6, 6.07) is 8.71. The largest absolute Gasteiger partial charge is 0.355 e. The van der Waals surface area contributed by atoms with E-state index < -0.39 is 0 Å². The molecule has 0 radical (unpaired) electrons. The van der Waals surface area contributed by atoms with E-state index in [1.807, 2.05) is 0 Å². The molecule has 1 aliphatic heterocycles. The number of carbonyl (C=O) groups is 2. The molecular weight excluding hydrogens is 348 g/mol. The number of benzene rings is 1. The number of piperidine rings is 1. The van der Waals surface area contributed by atoms with Crippen LogP contribution in [0.15, 0.2) is 24.3 Å². The van der Waals surface area contributed by atoms with Crippen LogP contribution in [0, 0.1) is 11.8 Å². The SMILES string of the molecule is CC1CCCN(C(=O)C2Cc3ccccc3C2)C1CCCNC(=O)CCl. The molecule has 2 unspecified atom stereocenters. The number of nitrogens with one attached hydrogen (secondary N) is 1. The number of fused-ring (bicyclic) bond motifs is 1. The van der Waals surface area contributed by atoms with E-state index in [0.717, 1.165) is 38.6 Å². The fraction of sp³-hybridized carbons (Fsp3) is 0.619. The Bertz CT molecular complexity index is 624. The minimum Gasteiger partial charge on any atom is -0.355 e. The summed E-state index contributed by atoms with van der Waals surface area (Å²) in [6.07, 6.45) is 5.83. The Morgan fingerprint density at radius 2 is 1.92 bits per heavy atom. The molecule has 2 atom stereocenters. The molecule has 0 bridgehead atoms. The molecule has 2 aliphatic rings. The van der Waals surface area contributed by atoms with E-state index in [2.05, 4.69) is 41.4 Å². The van der Waals surface area contributed by atoms with Crippen molar-refractivity contribution in [1.29, 1.82) is 0 Å². The van der Waals surface area contributed by atoms with Gasteiger partial charge < -0.3 is 10.2 Å². The van der Waals surface area contributed by atoms with Crippen LogP contribution in [0.4, 0.5) is 0 Å². The third kappa shape index (κ3) is 4.40. The van der Waals surface area contributed by atoms with Gasteiger partial charge in [-0.15, -0.1) is 11.6 Å². The van der Waals surface area contributed by atoms with Crippen molar-refractivity contribution in [2.45, 2.75) is 51.5 Å². The van der Waals surface area contributed by atoms with Crippen LogP contribution in [0.3, 0.4) is 0 Å². The van der Waals surface area contributed by atoms with Gasteiger partial charge in [0.05, 0.1) is 0 Å². The van der Waals surface area contributed by atoms with Gasteiger partial charge in [0.2, 0.25) is 11.8 Å². The number of halogens is 1. The first-order valence-corrected chi connectivity index (χ1v) is 10.3. The normalized spacial score (nSPS) is 22.9. The molecule has 1 aliphatic carbocycles. The maximum Gasteiger partial charge on any atom is 0.234 e. The zero-order chi connectivity index (χ0) is 18.5. The molecule has 1 fully saturated rings. The second kappa shape index (κ2) is 8.90. The van der Waals surface area contributed by atoms with E-state index in [4.69, 9.17) is 11.6 Å². The van der Waals surface area contributed by atoms with Crippen LogP contribution in [0.1, 0.15) is 43.7 Å². The average molecular weight is 377 g/mol. The number of rotatable bonds is 6. The maximum atomic E-state index is 13.3. The molecule has 26 heavy (non-hydrogen) atoms. The lowest BCUT2D eigenvalue weighted by Crippen LogP contribution is -2.50. The topological polar surface area (TPSA) is 49.4 Å². The summed E-state index contributed by atoms with van der Waals surface area (Å²) >= 11 is 5.51. The fourth-order valence-corrected chi connectivity index (χ4v) is 4.61. The smallest absolute Gasteiger partial charge is 0.234 e. The van der Waals surface area contributed by atoms with Gasteiger partial charge in [0.1, 0.15) is 5.88 Å². The molecule has 1 heterocycles. The molecule has 1 aromatic rings. The summed E-state index contributed by atoms with van der Waals surface area (Å²) < 4.78 is 0. The molecule has 0 spiro atoms. The van der Waals surface area contributed by atoms with Crippen molar-refractivity contribution in [3.8, 4) is 0 Å². The summed E-state index contributed by atoms with van der Waals surface area (Å²) in [6.45, 7) is 3.76. The van der Waals surface area contributed by atoms with Gasteiger partial charge >= 0.3 is 0 Å². The third-order valence-electron chi connectivity index (χ3n) is 5.92. The average Bonchev–Trinajstić information content (AvgIpc) is 3.09. The summed E-state index contributed by atoms with van der Waals surface area (Å²) in [5.41, 5.74) is 2.66. The monoisotopic (exact) mass is 376 g/mol. The lowest BCUT2D eigenvalue weighted by Gasteiger charge is -2.41. The van der Waals surface area contributed by atoms with Gasteiger partial charge in [0, 0.05) is 25.0 Å². The van der Waals surface area contributed by atoms with Gasteiger partial charge in [-0.1, -0.05) is 31.2 Å². The second-order valence-electron chi connectivity index (χ2n) is 7.72. The molecule has 1 aromatic carbocycles. The van der Waals surface area contributed by atoms with Crippen LogP contribution in [-0.2, 0) is 22.4 Å². The molecule has 0 saturated carbocycles. The van der Waals surface area contributed by atoms with Crippen LogP contribution >= 0.6 is 11.6 Å². The molecule has 142 valence electrons. The first-order valence-electron chi connectivity index (χ1n) is 9.80. The highest BCUT2D eigenvalue weighted by Crippen LogP contribution is 2.32. The summed E-state index contributed by atoms with van der Waals surface area (Å²) in [5, 5.41) is 2.82. The summed E-state index contributed by atoms with van der Waals surface area (Å²) in [5.74, 6) is 0.811. The van der Waals surface area contributed by atoms with Crippen LogP contribution in [0.25, 0.3) is 0 Å². The van der Waals surface area contributed by atoms with E-state index in [9.17, 15) is 9.59 Å². The van der Waals surface area contributed by atoms with E-state index in [1.54, 1.807) is 0 Å². The first-order chi connectivity index (χ1) is 12.6. The lowest BCUT2D eigenvalue weighted by molar-refractivity contribution is -0.140. The minimum absolute atomic E-state index is 0.00663. The van der Waals surface area contributed by atoms with Crippen LogP contribution in [0.2, 0.25) is 0 Å². The van der Waals surface area contributed by atoms with E-state index in [-0.39, 0.29) is 23.7 Å². The molecule has 2 amide bonds. The summed E-state index contributed by atoms with van der Waals surface area (Å²) in [7, 11) is 0. The molecule has 1 N–H and O–H groups in total. The number of amides is 2. The van der Waals surface area contributed by atoms with Gasteiger partial charge in [-0.2, -0.15) is 0 Å². The quantitative estimate of drug-likeness (QED) is 0.612. The Hall–Kier alpha value is -1.55. The fourth-order valence-electron chi connectivity index (χ4n) is 4.52. The summed E-state index contributed by atoms with van der Waals surface area (Å²) in [4.78, 5) is 26.7. The third-order valence-corrected chi connectivity index (χ3v) is 6.16. The number of nitrogens with zero attached hydrogens (tertiary/aromatic N) is 1. The zero-order valence-corrected chi connectivity index (χ0v) is 16.3. The Balaban J connectivity index is 1.59. The highest BCUT2D eigenvalue weighted by Gasteiger charge is 2.36. The van der Waals surface area contributed by atoms with Crippen LogP contribution < -0.4 is 5.32 Å². The number of likely N-dealkylation sites (tertiary alicyclic amines) is 1. The van der Waals surface area contributed by atoms with Crippen molar-refractivity contribution < 1.29 is 9.59 Å². The Morgan fingerprint density at radius 3 is 2.58 bits per heavy atom. The van der Waals surface area contributed by atoms with Crippen molar-refractivity contribution in [2.24, 2.45) is 11.8 Å². The molecule has 1 saturated heterocycles. The molecule has 3 rings (SSSR count). The number of alkyl halides is 1. The molecule has 0 aromatic heterocycles. The molecular formula is C21H29ClN2O2. The minimum atomic E-state index is -0.125. The standard InChI is InChI=1S/C21H29ClN2O2/c1-15-6-5-11-24(19(15)9-4-10-23-20(25)14-22)21(26)18-12-16-7-2-3-8-17(16)13-18/h2-3,7-8,15,18-19H,4-6,9-14H2,1H3,(H,23,25). The van der Waals surface area contributed by atoms with Gasteiger partial charge in [-0.05, 0) is 55.6 Å². The molecule has 4 nitrogen and oxygen atoms in total. The molecule has 5 heteroatoms. The predicted octanol–water partition coefficient (Wildman–Crippen LogP) is 3.16. The Morgan fingerprint density at radius 1 is 1.23 bits per heavy atom.